The van der Waals surface area contributed by atoms with Gasteiger partial charge in [0.25, 0.3) is 0 Å². The van der Waals surface area contributed by atoms with Crippen molar-refractivity contribution < 1.29 is 14.3 Å². The van der Waals surface area contributed by atoms with Crippen LogP contribution in [0.4, 0.5) is 4.79 Å². The maximum atomic E-state index is 11.4. The Morgan fingerprint density at radius 3 is 2.95 bits per heavy atom. The summed E-state index contributed by atoms with van der Waals surface area (Å²) in [7, 11) is 3.09. The molecule has 0 fully saturated rings. The van der Waals surface area contributed by atoms with Gasteiger partial charge in [-0.3, -0.25) is 14.8 Å². The van der Waals surface area contributed by atoms with Gasteiger partial charge in [-0.1, -0.05) is 5.21 Å². The van der Waals surface area contributed by atoms with Gasteiger partial charge < -0.3 is 15.4 Å². The van der Waals surface area contributed by atoms with Crippen molar-refractivity contribution in [1.29, 1.82) is 0 Å². The Morgan fingerprint density at radius 1 is 1.45 bits per heavy atom. The van der Waals surface area contributed by atoms with E-state index in [0.717, 1.165) is 12.2 Å². The molecule has 9 heteroatoms. The molecule has 0 aliphatic heterocycles. The van der Waals surface area contributed by atoms with Crippen molar-refractivity contribution in [3.05, 3.63) is 11.9 Å². The van der Waals surface area contributed by atoms with Crippen LogP contribution in [0.25, 0.3) is 0 Å². The van der Waals surface area contributed by atoms with E-state index in [1.807, 2.05) is 0 Å². The molecule has 0 saturated heterocycles. The van der Waals surface area contributed by atoms with E-state index in [2.05, 4.69) is 26.3 Å². The molecule has 0 aliphatic rings. The first-order chi connectivity index (χ1) is 9.65. The van der Waals surface area contributed by atoms with Gasteiger partial charge in [-0.15, -0.1) is 5.10 Å². The Labute approximate surface area is 117 Å². The number of carbonyl (C=O) groups is 2. The van der Waals surface area contributed by atoms with Crippen LogP contribution in [0.3, 0.4) is 0 Å². The quantitative estimate of drug-likeness (QED) is 0.520. The van der Waals surface area contributed by atoms with Gasteiger partial charge in [-0.05, 0) is 0 Å². The number of aryl methyl sites for hydroxylation is 1. The maximum absolute atomic E-state index is 11.4. The summed E-state index contributed by atoms with van der Waals surface area (Å²) in [5, 5.41) is 15.5. The average molecular weight is 284 g/mol. The lowest BCUT2D eigenvalue weighted by Crippen LogP contribution is -2.37. The van der Waals surface area contributed by atoms with Crippen molar-refractivity contribution in [1.82, 2.24) is 30.9 Å². The van der Waals surface area contributed by atoms with Crippen LogP contribution >= 0.6 is 0 Å². The van der Waals surface area contributed by atoms with Gasteiger partial charge in [-0.25, -0.2) is 4.79 Å². The second-order valence-electron chi connectivity index (χ2n) is 4.02. The lowest BCUT2D eigenvalue weighted by Gasteiger charge is -2.02. The zero-order valence-corrected chi connectivity index (χ0v) is 11.7. The molecule has 0 unspecified atom stereocenters. The fourth-order valence-corrected chi connectivity index (χ4v) is 1.39. The number of amides is 3. The third-order valence-electron chi connectivity index (χ3n) is 2.42. The van der Waals surface area contributed by atoms with Crippen molar-refractivity contribution >= 4 is 11.9 Å². The van der Waals surface area contributed by atoms with Crippen LogP contribution in [0.1, 0.15) is 12.1 Å². The molecule has 0 aliphatic carbocycles. The standard InChI is InChI=1S/C11H20N6O3/c1-12-11(19)14-10(18)3-5-17-8-9(15-16-17)7-13-4-6-20-2/h8,13H,3-7H2,1-2H3,(H2,12,14,18,19). The Morgan fingerprint density at radius 2 is 2.25 bits per heavy atom. The van der Waals surface area contributed by atoms with Crippen molar-refractivity contribution in [2.45, 2.75) is 19.5 Å². The number of carbonyl (C=O) groups excluding carboxylic acids is 2. The first-order valence-corrected chi connectivity index (χ1v) is 6.26. The van der Waals surface area contributed by atoms with Crippen LogP contribution in [0.15, 0.2) is 6.20 Å². The van der Waals surface area contributed by atoms with E-state index in [1.54, 1.807) is 18.0 Å². The summed E-state index contributed by atoms with van der Waals surface area (Å²) < 4.78 is 6.48. The molecule has 9 nitrogen and oxygen atoms in total. The number of nitrogens with zero attached hydrogens (tertiary/aromatic N) is 3. The number of urea groups is 1. The lowest BCUT2D eigenvalue weighted by molar-refractivity contribution is -0.120. The van der Waals surface area contributed by atoms with E-state index in [1.165, 1.54) is 7.05 Å². The number of nitrogens with one attached hydrogen (secondary N) is 3. The Balaban J connectivity index is 2.26. The zero-order valence-electron chi connectivity index (χ0n) is 11.7. The highest BCUT2D eigenvalue weighted by molar-refractivity contribution is 5.94. The second kappa shape index (κ2) is 8.99. The molecule has 1 aromatic rings. The Hall–Kier alpha value is -2.00. The van der Waals surface area contributed by atoms with Gasteiger partial charge in [0.1, 0.15) is 0 Å². The molecule has 0 saturated carbocycles. The molecule has 3 amide bonds. The number of imide groups is 1. The second-order valence-corrected chi connectivity index (χ2v) is 4.02. The zero-order chi connectivity index (χ0) is 14.8. The van der Waals surface area contributed by atoms with Gasteiger partial charge in [0.15, 0.2) is 0 Å². The maximum Gasteiger partial charge on any atom is 0.321 e. The van der Waals surface area contributed by atoms with E-state index in [-0.39, 0.29) is 12.3 Å². The summed E-state index contributed by atoms with van der Waals surface area (Å²) in [4.78, 5) is 22.3. The number of hydrogen-bond acceptors (Lipinski definition) is 6. The van der Waals surface area contributed by atoms with Crippen LogP contribution in [0.2, 0.25) is 0 Å². The number of aromatic nitrogens is 3. The number of hydrogen-bond donors (Lipinski definition) is 3. The number of methoxy groups -OCH3 is 1. The molecule has 1 aromatic heterocycles. The summed E-state index contributed by atoms with van der Waals surface area (Å²) in [6.07, 6.45) is 1.92. The van der Waals surface area contributed by atoms with Crippen molar-refractivity contribution in [3.8, 4) is 0 Å². The van der Waals surface area contributed by atoms with Crippen molar-refractivity contribution in [2.24, 2.45) is 0 Å². The third kappa shape index (κ3) is 6.25. The van der Waals surface area contributed by atoms with Crippen LogP contribution in [-0.4, -0.2) is 54.2 Å². The fourth-order valence-electron chi connectivity index (χ4n) is 1.39. The molecule has 0 aromatic carbocycles. The highest BCUT2D eigenvalue weighted by Crippen LogP contribution is 1.94. The van der Waals surface area contributed by atoms with Crippen LogP contribution in [0.5, 0.6) is 0 Å². The summed E-state index contributed by atoms with van der Waals surface area (Å²) in [5.41, 5.74) is 0.785. The minimum Gasteiger partial charge on any atom is -0.383 e. The van der Waals surface area contributed by atoms with Gasteiger partial charge in [0.2, 0.25) is 5.91 Å². The largest absolute Gasteiger partial charge is 0.383 e. The molecular weight excluding hydrogens is 264 g/mol. The molecule has 0 spiro atoms. The summed E-state index contributed by atoms with van der Waals surface area (Å²) in [5.74, 6) is -0.361. The van der Waals surface area contributed by atoms with E-state index in [0.29, 0.717) is 19.7 Å². The van der Waals surface area contributed by atoms with Gasteiger partial charge in [0, 0.05) is 39.9 Å². The smallest absolute Gasteiger partial charge is 0.321 e. The number of rotatable bonds is 8. The highest BCUT2D eigenvalue weighted by atomic mass is 16.5. The van der Waals surface area contributed by atoms with Crippen molar-refractivity contribution in [2.75, 3.05) is 27.3 Å². The lowest BCUT2D eigenvalue weighted by atomic mass is 10.4. The van der Waals surface area contributed by atoms with E-state index < -0.39 is 6.03 Å². The molecule has 3 N–H and O–H groups in total. The minimum atomic E-state index is -0.517. The SMILES string of the molecule is CNC(=O)NC(=O)CCn1cc(CNCCOC)nn1. The summed E-state index contributed by atoms with van der Waals surface area (Å²) in [6.45, 7) is 2.33. The van der Waals surface area contributed by atoms with E-state index in [9.17, 15) is 9.59 Å². The monoisotopic (exact) mass is 284 g/mol. The summed E-state index contributed by atoms with van der Waals surface area (Å²) >= 11 is 0. The summed E-state index contributed by atoms with van der Waals surface area (Å²) in [6, 6.07) is -0.517. The molecule has 112 valence electrons. The Bertz CT molecular complexity index is 434. The van der Waals surface area contributed by atoms with Gasteiger partial charge in [0.05, 0.1) is 18.8 Å². The van der Waals surface area contributed by atoms with Gasteiger partial charge >= 0.3 is 6.03 Å². The van der Waals surface area contributed by atoms with E-state index >= 15 is 0 Å². The molecule has 0 atom stereocenters. The Kier molecular flexibility index (Phi) is 7.22. The normalized spacial score (nSPS) is 10.3. The van der Waals surface area contributed by atoms with Crippen LogP contribution in [0, 0.1) is 0 Å². The minimum absolute atomic E-state index is 0.160. The number of ether oxygens (including phenoxy) is 1. The van der Waals surface area contributed by atoms with Crippen LogP contribution in [-0.2, 0) is 22.6 Å². The predicted molar refractivity (Wildman–Crippen MR) is 70.8 cm³/mol. The molecule has 1 heterocycles. The average Bonchev–Trinajstić information content (AvgIpc) is 2.89. The van der Waals surface area contributed by atoms with Gasteiger partial charge in [-0.2, -0.15) is 0 Å². The van der Waals surface area contributed by atoms with Crippen molar-refractivity contribution in [3.63, 3.8) is 0 Å². The molecular formula is C11H20N6O3. The first-order valence-electron chi connectivity index (χ1n) is 6.26. The molecule has 20 heavy (non-hydrogen) atoms. The fraction of sp³-hybridized carbons (Fsp3) is 0.636. The third-order valence-corrected chi connectivity index (χ3v) is 2.42. The molecule has 1 rings (SSSR count). The first kappa shape index (κ1) is 16.1. The predicted octanol–water partition coefficient (Wildman–Crippen LogP) is -1.14. The topological polar surface area (TPSA) is 110 Å². The van der Waals surface area contributed by atoms with E-state index in [4.69, 9.17) is 4.74 Å². The molecule has 0 radical (unpaired) electrons. The molecule has 0 bridgehead atoms. The van der Waals surface area contributed by atoms with Crippen LogP contribution < -0.4 is 16.0 Å². The highest BCUT2D eigenvalue weighted by Gasteiger charge is 2.07.